The summed E-state index contributed by atoms with van der Waals surface area (Å²) in [6.07, 6.45) is -4.96. The molecule has 2 heterocycles. The van der Waals surface area contributed by atoms with Crippen LogP contribution in [0.25, 0.3) is 10.6 Å². The van der Waals surface area contributed by atoms with E-state index in [2.05, 4.69) is 20.6 Å². The smallest absolute Gasteiger partial charge is 0.384 e. The number of hydrogen-bond donors (Lipinski definition) is 3. The maximum Gasteiger partial charge on any atom is 0.389 e. The Balaban J connectivity index is 1.57. The van der Waals surface area contributed by atoms with Crippen LogP contribution in [-0.4, -0.2) is 45.7 Å². The summed E-state index contributed by atoms with van der Waals surface area (Å²) in [5.41, 5.74) is 0.613. The molecule has 0 bridgehead atoms. The van der Waals surface area contributed by atoms with Gasteiger partial charge in [-0.15, -0.1) is 22.7 Å². The van der Waals surface area contributed by atoms with Gasteiger partial charge in [0.15, 0.2) is 0 Å². The Kier molecular flexibility index (Phi) is 8.10. The lowest BCUT2D eigenvalue weighted by Gasteiger charge is -2.23. The van der Waals surface area contributed by atoms with Crippen molar-refractivity contribution in [3.8, 4) is 10.6 Å². The van der Waals surface area contributed by atoms with E-state index in [4.69, 9.17) is 0 Å². The molecule has 33 heavy (non-hydrogen) atoms. The number of rotatable bonds is 9. The van der Waals surface area contributed by atoms with E-state index in [1.54, 1.807) is 5.38 Å². The molecule has 0 aliphatic carbocycles. The van der Waals surface area contributed by atoms with Crippen molar-refractivity contribution in [3.05, 3.63) is 57.7 Å². The maximum atomic E-state index is 13.0. The van der Waals surface area contributed by atoms with Crippen LogP contribution in [-0.2, 0) is 4.79 Å². The van der Waals surface area contributed by atoms with Crippen molar-refractivity contribution in [2.75, 3.05) is 6.54 Å². The highest BCUT2D eigenvalue weighted by Crippen LogP contribution is 2.28. The number of carbonyl (C=O) groups is 2. The molecule has 0 aliphatic heterocycles. The summed E-state index contributed by atoms with van der Waals surface area (Å²) in [5.74, 6) is -1.79. The molecule has 2 amide bonds. The first-order valence-corrected chi connectivity index (χ1v) is 11.3. The highest BCUT2D eigenvalue weighted by Gasteiger charge is 2.32. The molecule has 0 aliphatic rings. The number of hydrogen-bond acceptors (Lipinski definition) is 7. The van der Waals surface area contributed by atoms with E-state index in [1.165, 1.54) is 36.7 Å². The number of alkyl halides is 3. The van der Waals surface area contributed by atoms with E-state index in [-0.39, 0.29) is 9.88 Å². The zero-order chi connectivity index (χ0) is 24.0. The summed E-state index contributed by atoms with van der Waals surface area (Å²) >= 11 is 2.08. The van der Waals surface area contributed by atoms with E-state index >= 15 is 0 Å². The second-order valence-electron chi connectivity index (χ2n) is 6.86. The van der Waals surface area contributed by atoms with Crippen molar-refractivity contribution in [2.45, 2.75) is 31.2 Å². The van der Waals surface area contributed by atoms with Crippen LogP contribution < -0.4 is 10.6 Å². The second-order valence-corrected chi connectivity index (χ2v) is 8.82. The number of benzene rings is 1. The molecule has 0 saturated carbocycles. The standard InChI is InChI=1S/C20H18F4N4O3S2/c21-12-3-1-11(2-4-12)18-27-9-14(33-18)17(31)26-10-15(29)28-13(5-6-20(22,23)24)16(30)19-25-7-8-32-19/h1-4,7-9,13,16,30H,5-6,10H2,(H,26,31)(H,28,29). The summed E-state index contributed by atoms with van der Waals surface area (Å²) in [4.78, 5) is 32.8. The van der Waals surface area contributed by atoms with Crippen LogP contribution in [0.4, 0.5) is 17.6 Å². The summed E-state index contributed by atoms with van der Waals surface area (Å²) in [7, 11) is 0. The van der Waals surface area contributed by atoms with Crippen LogP contribution in [0.2, 0.25) is 0 Å². The first kappa shape index (κ1) is 24.7. The van der Waals surface area contributed by atoms with Gasteiger partial charge in [0.05, 0.1) is 18.8 Å². The Morgan fingerprint density at radius 1 is 1.15 bits per heavy atom. The van der Waals surface area contributed by atoms with Gasteiger partial charge in [-0.1, -0.05) is 0 Å². The third-order valence-electron chi connectivity index (χ3n) is 4.40. The molecule has 3 aromatic rings. The summed E-state index contributed by atoms with van der Waals surface area (Å²) < 4.78 is 51.0. The third-order valence-corrected chi connectivity index (χ3v) is 6.29. The maximum absolute atomic E-state index is 13.0. The highest BCUT2D eigenvalue weighted by molar-refractivity contribution is 7.16. The van der Waals surface area contributed by atoms with Gasteiger partial charge >= 0.3 is 6.18 Å². The lowest BCUT2D eigenvalue weighted by Crippen LogP contribution is -2.45. The number of amides is 2. The molecule has 0 radical (unpaired) electrons. The molecule has 3 N–H and O–H groups in total. The number of thiazole rings is 2. The second kappa shape index (κ2) is 10.8. The number of aliphatic hydroxyl groups is 1. The predicted molar refractivity (Wildman–Crippen MR) is 114 cm³/mol. The van der Waals surface area contributed by atoms with E-state index in [0.717, 1.165) is 22.7 Å². The van der Waals surface area contributed by atoms with Crippen molar-refractivity contribution in [1.82, 2.24) is 20.6 Å². The fourth-order valence-corrected chi connectivity index (χ4v) is 4.32. The third kappa shape index (κ3) is 7.30. The zero-order valence-electron chi connectivity index (χ0n) is 16.8. The van der Waals surface area contributed by atoms with Crippen molar-refractivity contribution in [2.24, 2.45) is 0 Å². The number of carbonyl (C=O) groups excluding carboxylic acids is 2. The van der Waals surface area contributed by atoms with E-state index in [9.17, 15) is 32.3 Å². The van der Waals surface area contributed by atoms with Crippen molar-refractivity contribution in [1.29, 1.82) is 0 Å². The molecule has 0 spiro atoms. The van der Waals surface area contributed by atoms with Crippen molar-refractivity contribution < 1.29 is 32.3 Å². The quantitative estimate of drug-likeness (QED) is 0.387. The number of nitrogens with one attached hydrogen (secondary N) is 2. The molecule has 7 nitrogen and oxygen atoms in total. The minimum absolute atomic E-state index is 0.171. The van der Waals surface area contributed by atoms with Gasteiger partial charge < -0.3 is 15.7 Å². The van der Waals surface area contributed by atoms with Gasteiger partial charge in [-0.3, -0.25) is 9.59 Å². The summed E-state index contributed by atoms with van der Waals surface area (Å²) in [5, 5.41) is 17.2. The molecule has 2 unspecified atom stereocenters. The van der Waals surface area contributed by atoms with Gasteiger partial charge in [0.1, 0.15) is 26.8 Å². The van der Waals surface area contributed by atoms with Crippen LogP contribution in [0.3, 0.4) is 0 Å². The number of nitrogens with zero attached hydrogens (tertiary/aromatic N) is 2. The summed E-state index contributed by atoms with van der Waals surface area (Å²) in [6, 6.07) is 4.30. The SMILES string of the molecule is O=C(CNC(=O)c1cnc(-c2ccc(F)cc2)s1)NC(CCC(F)(F)F)C(O)c1nccs1. The molecule has 1 aromatic carbocycles. The Hall–Kier alpha value is -2.90. The Morgan fingerprint density at radius 2 is 1.88 bits per heavy atom. The Bertz CT molecular complexity index is 1070. The molecular weight excluding hydrogens is 484 g/mol. The van der Waals surface area contributed by atoms with Crippen LogP contribution in [0.5, 0.6) is 0 Å². The van der Waals surface area contributed by atoms with Crippen LogP contribution >= 0.6 is 22.7 Å². The highest BCUT2D eigenvalue weighted by atomic mass is 32.1. The minimum atomic E-state index is -4.46. The van der Waals surface area contributed by atoms with E-state index in [0.29, 0.717) is 10.6 Å². The first-order chi connectivity index (χ1) is 15.6. The Labute approximate surface area is 193 Å². The van der Waals surface area contributed by atoms with Crippen molar-refractivity contribution in [3.63, 3.8) is 0 Å². The summed E-state index contributed by atoms with van der Waals surface area (Å²) in [6.45, 7) is -0.518. The van der Waals surface area contributed by atoms with Crippen LogP contribution in [0, 0.1) is 5.82 Å². The van der Waals surface area contributed by atoms with Gasteiger partial charge in [0, 0.05) is 23.6 Å². The largest absolute Gasteiger partial charge is 0.389 e. The lowest BCUT2D eigenvalue weighted by molar-refractivity contribution is -0.139. The number of aliphatic hydroxyl groups excluding tert-OH is 1. The average molecular weight is 503 g/mol. The number of halogens is 4. The van der Waals surface area contributed by atoms with Gasteiger partial charge in [-0.25, -0.2) is 14.4 Å². The molecule has 2 atom stereocenters. The van der Waals surface area contributed by atoms with E-state index < -0.39 is 55.3 Å². The fourth-order valence-electron chi connectivity index (χ4n) is 2.79. The molecule has 2 aromatic heterocycles. The van der Waals surface area contributed by atoms with Crippen molar-refractivity contribution >= 4 is 34.5 Å². The van der Waals surface area contributed by atoms with Gasteiger partial charge in [-0.2, -0.15) is 13.2 Å². The van der Waals surface area contributed by atoms with Gasteiger partial charge in [-0.05, 0) is 30.7 Å². The Morgan fingerprint density at radius 3 is 2.52 bits per heavy atom. The first-order valence-electron chi connectivity index (χ1n) is 9.56. The molecule has 0 saturated heterocycles. The minimum Gasteiger partial charge on any atom is -0.384 e. The molecule has 0 fully saturated rings. The molecule has 13 heteroatoms. The molecule has 3 rings (SSSR count). The monoisotopic (exact) mass is 502 g/mol. The van der Waals surface area contributed by atoms with Crippen LogP contribution in [0.1, 0.15) is 33.6 Å². The molecule has 176 valence electrons. The number of aromatic nitrogens is 2. The van der Waals surface area contributed by atoms with Crippen LogP contribution in [0.15, 0.2) is 42.0 Å². The van der Waals surface area contributed by atoms with Gasteiger partial charge in [0.2, 0.25) is 5.91 Å². The molecular formula is C20H18F4N4O3S2. The fraction of sp³-hybridized carbons (Fsp3) is 0.300. The van der Waals surface area contributed by atoms with E-state index in [1.807, 2.05) is 0 Å². The van der Waals surface area contributed by atoms with Gasteiger partial charge in [0.25, 0.3) is 5.91 Å². The zero-order valence-corrected chi connectivity index (χ0v) is 18.4. The predicted octanol–water partition coefficient (Wildman–Crippen LogP) is 3.70. The topological polar surface area (TPSA) is 104 Å². The normalized spacial score (nSPS) is 13.4. The average Bonchev–Trinajstić information content (AvgIpc) is 3.47. The lowest BCUT2D eigenvalue weighted by atomic mass is 10.1.